The van der Waals surface area contributed by atoms with Gasteiger partial charge in [-0.15, -0.1) is 0 Å². The van der Waals surface area contributed by atoms with Crippen LogP contribution in [0.2, 0.25) is 5.02 Å². The van der Waals surface area contributed by atoms with Gasteiger partial charge in [0.2, 0.25) is 0 Å². The quantitative estimate of drug-likeness (QED) is 0.372. The predicted molar refractivity (Wildman–Crippen MR) is 118 cm³/mol. The largest absolute Gasteiger partial charge is 0.494 e. The van der Waals surface area contributed by atoms with Crippen molar-refractivity contribution in [3.05, 3.63) is 64.2 Å². The van der Waals surface area contributed by atoms with Gasteiger partial charge >= 0.3 is 0 Å². The van der Waals surface area contributed by atoms with Crippen LogP contribution in [0.1, 0.15) is 30.0 Å². The molecule has 2 saturated carbocycles. The fourth-order valence-corrected chi connectivity index (χ4v) is 5.75. The Labute approximate surface area is 191 Å². The number of aliphatic hydroxyl groups is 6. The standard InChI is InChI=1S/C24H29ClO7/c1-2-32-16-6-3-13(4-7-16)9-14-10-15(5-8-17(14)25)24-18(27)11-23(12-26,22(24)31)20(29)19(28)21(24)30/h3-8,10,18-22,26-31H,2,9,11-12H2,1H3/t18?,19-,20+,21-,22?,23+,24+/m0/s1. The van der Waals surface area contributed by atoms with Gasteiger partial charge in [0.1, 0.15) is 11.9 Å². The number of rotatable bonds is 6. The Kier molecular flexibility index (Phi) is 6.28. The highest BCUT2D eigenvalue weighted by molar-refractivity contribution is 6.31. The molecule has 6 N–H and O–H groups in total. The number of halogens is 1. The van der Waals surface area contributed by atoms with Crippen molar-refractivity contribution in [2.45, 2.75) is 55.7 Å². The van der Waals surface area contributed by atoms with Gasteiger partial charge in [0.25, 0.3) is 0 Å². The molecule has 4 rings (SSSR count). The lowest BCUT2D eigenvalue weighted by Gasteiger charge is -2.52. The van der Waals surface area contributed by atoms with E-state index in [2.05, 4.69) is 0 Å². The van der Waals surface area contributed by atoms with Crippen molar-refractivity contribution >= 4 is 11.6 Å². The van der Waals surface area contributed by atoms with Crippen molar-refractivity contribution in [3.63, 3.8) is 0 Å². The highest BCUT2D eigenvalue weighted by Gasteiger charge is 2.73. The second kappa shape index (κ2) is 8.57. The zero-order valence-corrected chi connectivity index (χ0v) is 18.5. The number of hydrogen-bond acceptors (Lipinski definition) is 7. The summed E-state index contributed by atoms with van der Waals surface area (Å²) in [6.45, 7) is 1.83. The zero-order valence-electron chi connectivity index (χ0n) is 17.7. The third-order valence-electron chi connectivity index (χ3n) is 7.32. The van der Waals surface area contributed by atoms with Gasteiger partial charge in [-0.2, -0.15) is 0 Å². The summed E-state index contributed by atoms with van der Waals surface area (Å²) in [5.74, 6) is 0.755. The molecule has 174 valence electrons. The van der Waals surface area contributed by atoms with Crippen LogP contribution in [0.25, 0.3) is 0 Å². The van der Waals surface area contributed by atoms with Crippen LogP contribution in [0.3, 0.4) is 0 Å². The van der Waals surface area contributed by atoms with Gasteiger partial charge in [-0.05, 0) is 54.7 Å². The molecule has 2 unspecified atom stereocenters. The monoisotopic (exact) mass is 464 g/mol. The van der Waals surface area contributed by atoms with E-state index in [-0.39, 0.29) is 6.42 Å². The third kappa shape index (κ3) is 3.27. The van der Waals surface area contributed by atoms with Gasteiger partial charge < -0.3 is 35.4 Å². The Morgan fingerprint density at radius 2 is 1.69 bits per heavy atom. The number of fused-ring (bicyclic) bond motifs is 2. The Morgan fingerprint density at radius 3 is 2.31 bits per heavy atom. The molecule has 2 fully saturated rings. The van der Waals surface area contributed by atoms with Gasteiger partial charge in [0.05, 0.1) is 48.5 Å². The van der Waals surface area contributed by atoms with Crippen molar-refractivity contribution in [1.82, 2.24) is 0 Å². The summed E-state index contributed by atoms with van der Waals surface area (Å²) < 4.78 is 5.47. The Morgan fingerprint density at radius 1 is 1.00 bits per heavy atom. The molecule has 2 aromatic rings. The fraction of sp³-hybridized carbons (Fsp3) is 0.500. The number of aliphatic hydroxyl groups excluding tert-OH is 6. The van der Waals surface area contributed by atoms with Crippen molar-refractivity contribution < 1.29 is 35.4 Å². The number of hydrogen-bond donors (Lipinski definition) is 6. The molecular formula is C24H29ClO7. The summed E-state index contributed by atoms with van der Waals surface area (Å²) in [5.41, 5.74) is -1.18. The van der Waals surface area contributed by atoms with Crippen molar-refractivity contribution in [1.29, 1.82) is 0 Å². The SMILES string of the molecule is CCOc1ccc(Cc2cc([C@]34C(O)C[C@](CO)(C3O)[C@H](O)[C@H](O)[C@@H]4O)ccc2Cl)cc1. The molecule has 7 nitrogen and oxygen atoms in total. The summed E-state index contributed by atoms with van der Waals surface area (Å²) in [4.78, 5) is 0. The van der Waals surface area contributed by atoms with E-state index in [0.717, 1.165) is 11.3 Å². The van der Waals surface area contributed by atoms with Gasteiger partial charge in [-0.3, -0.25) is 0 Å². The molecule has 32 heavy (non-hydrogen) atoms. The molecule has 2 aliphatic carbocycles. The molecule has 0 spiro atoms. The summed E-state index contributed by atoms with van der Waals surface area (Å²) in [6.07, 6.45) is -7.38. The molecular weight excluding hydrogens is 436 g/mol. The van der Waals surface area contributed by atoms with Crippen LogP contribution < -0.4 is 4.74 Å². The number of ether oxygens (including phenoxy) is 1. The first-order valence-corrected chi connectivity index (χ1v) is 11.1. The summed E-state index contributed by atoms with van der Waals surface area (Å²) >= 11 is 6.44. The molecule has 0 heterocycles. The molecule has 7 atom stereocenters. The minimum Gasteiger partial charge on any atom is -0.494 e. The Hall–Kier alpha value is -1.71. The molecule has 2 bridgehead atoms. The Bertz CT molecular complexity index is 967. The van der Waals surface area contributed by atoms with Gasteiger partial charge in [0, 0.05) is 5.02 Å². The van der Waals surface area contributed by atoms with E-state index < -0.39 is 48.0 Å². The molecule has 0 saturated heterocycles. The average molecular weight is 465 g/mol. The van der Waals surface area contributed by atoms with E-state index in [1.807, 2.05) is 31.2 Å². The fourth-order valence-electron chi connectivity index (χ4n) is 5.57. The summed E-state index contributed by atoms with van der Waals surface area (Å²) in [6, 6.07) is 12.5. The van der Waals surface area contributed by atoms with Gasteiger partial charge in [-0.25, -0.2) is 0 Å². The van der Waals surface area contributed by atoms with Crippen molar-refractivity contribution in [2.24, 2.45) is 5.41 Å². The average Bonchev–Trinajstić information content (AvgIpc) is 2.99. The molecule has 8 heteroatoms. The summed E-state index contributed by atoms with van der Waals surface area (Å²) in [5, 5.41) is 64.7. The van der Waals surface area contributed by atoms with Crippen LogP contribution in [0, 0.1) is 5.41 Å². The lowest BCUT2D eigenvalue weighted by atomic mass is 9.59. The zero-order chi connectivity index (χ0) is 23.3. The first-order valence-electron chi connectivity index (χ1n) is 10.7. The van der Waals surface area contributed by atoms with E-state index in [9.17, 15) is 30.6 Å². The van der Waals surface area contributed by atoms with Crippen LogP contribution in [0.4, 0.5) is 0 Å². The molecule has 2 aliphatic rings. The summed E-state index contributed by atoms with van der Waals surface area (Å²) in [7, 11) is 0. The van der Waals surface area contributed by atoms with Gasteiger partial charge in [0.15, 0.2) is 0 Å². The first kappa shape index (κ1) is 23.4. The smallest absolute Gasteiger partial charge is 0.119 e. The molecule has 0 aromatic heterocycles. The van der Waals surface area contributed by atoms with Crippen molar-refractivity contribution in [2.75, 3.05) is 13.2 Å². The molecule has 0 radical (unpaired) electrons. The van der Waals surface area contributed by atoms with Crippen LogP contribution in [0.15, 0.2) is 42.5 Å². The maximum atomic E-state index is 11.2. The van der Waals surface area contributed by atoms with Crippen molar-refractivity contribution in [3.8, 4) is 5.75 Å². The molecule has 2 aromatic carbocycles. The molecule has 0 aliphatic heterocycles. The third-order valence-corrected chi connectivity index (χ3v) is 7.68. The minimum absolute atomic E-state index is 0.170. The van der Waals surface area contributed by atoms with E-state index >= 15 is 0 Å². The number of benzene rings is 2. The predicted octanol–water partition coefficient (Wildman–Crippen LogP) is 0.768. The lowest BCUT2D eigenvalue weighted by molar-refractivity contribution is -0.219. The van der Waals surface area contributed by atoms with Gasteiger partial charge in [-0.1, -0.05) is 35.9 Å². The minimum atomic E-state index is -1.68. The van der Waals surface area contributed by atoms with Crippen LogP contribution >= 0.6 is 11.6 Å². The first-order chi connectivity index (χ1) is 15.2. The van der Waals surface area contributed by atoms with E-state index in [0.29, 0.717) is 29.2 Å². The van der Waals surface area contributed by atoms with Crippen LogP contribution in [-0.2, 0) is 11.8 Å². The maximum absolute atomic E-state index is 11.2. The maximum Gasteiger partial charge on any atom is 0.119 e. The Balaban J connectivity index is 1.75. The topological polar surface area (TPSA) is 131 Å². The lowest BCUT2D eigenvalue weighted by Crippen LogP contribution is -2.69. The second-order valence-electron chi connectivity index (χ2n) is 8.89. The molecule has 0 amide bonds. The highest BCUT2D eigenvalue weighted by atomic mass is 35.5. The van der Waals surface area contributed by atoms with Crippen LogP contribution in [-0.4, -0.2) is 74.4 Å². The van der Waals surface area contributed by atoms with E-state index in [4.69, 9.17) is 16.3 Å². The second-order valence-corrected chi connectivity index (χ2v) is 9.29. The highest BCUT2D eigenvalue weighted by Crippen LogP contribution is 2.59. The van der Waals surface area contributed by atoms with E-state index in [1.54, 1.807) is 18.2 Å². The van der Waals surface area contributed by atoms with Crippen LogP contribution in [0.5, 0.6) is 5.75 Å². The normalized spacial score (nSPS) is 36.3. The van der Waals surface area contributed by atoms with E-state index in [1.165, 1.54) is 0 Å².